The van der Waals surface area contributed by atoms with Crippen molar-refractivity contribution < 1.29 is 0 Å². The van der Waals surface area contributed by atoms with Crippen molar-refractivity contribution in [1.82, 2.24) is 5.73 Å². The second-order valence-electron chi connectivity index (χ2n) is 2.52. The molecule has 0 spiro atoms. The molecule has 1 N–H and O–H groups in total. The van der Waals surface area contributed by atoms with E-state index in [-0.39, 0.29) is 0 Å². The molecule has 0 aliphatic heterocycles. The highest BCUT2D eigenvalue weighted by atomic mass is 14.5. The van der Waals surface area contributed by atoms with Gasteiger partial charge in [0.2, 0.25) is 0 Å². The zero-order valence-electron chi connectivity index (χ0n) is 6.17. The van der Waals surface area contributed by atoms with E-state index in [0.717, 1.165) is 0 Å². The van der Waals surface area contributed by atoms with Gasteiger partial charge in [-0.1, -0.05) is 37.3 Å². The van der Waals surface area contributed by atoms with E-state index in [1.807, 2.05) is 18.2 Å². The van der Waals surface area contributed by atoms with Gasteiger partial charge in [0.1, 0.15) is 0 Å². The van der Waals surface area contributed by atoms with Crippen molar-refractivity contribution in [2.24, 2.45) is 0 Å². The van der Waals surface area contributed by atoms with Crippen molar-refractivity contribution in [2.75, 3.05) is 6.54 Å². The van der Waals surface area contributed by atoms with E-state index in [1.54, 1.807) is 0 Å². The highest BCUT2D eigenvalue weighted by Gasteiger charge is 1.99. The predicted octanol–water partition coefficient (Wildman–Crippen LogP) is 2.07. The zero-order chi connectivity index (χ0) is 7.40. The second-order valence-corrected chi connectivity index (χ2v) is 2.52. The van der Waals surface area contributed by atoms with Gasteiger partial charge < -0.3 is 0 Å². The minimum Gasteiger partial charge on any atom is -0.257 e. The zero-order valence-corrected chi connectivity index (χ0v) is 6.17. The van der Waals surface area contributed by atoms with Crippen LogP contribution in [0.5, 0.6) is 0 Å². The number of hydrogen-bond acceptors (Lipinski definition) is 0. The summed E-state index contributed by atoms with van der Waals surface area (Å²) in [5.74, 6) is 0.376. The van der Waals surface area contributed by atoms with Gasteiger partial charge in [0.05, 0.1) is 0 Å². The van der Waals surface area contributed by atoms with Crippen molar-refractivity contribution in [1.29, 1.82) is 0 Å². The molecule has 0 aliphatic carbocycles. The first-order valence-electron chi connectivity index (χ1n) is 3.54. The SMILES string of the molecule is C[C@@H](C[NH])c1ccccc1. The Bertz CT molecular complexity index is 181. The monoisotopic (exact) mass is 134 g/mol. The van der Waals surface area contributed by atoms with E-state index in [1.165, 1.54) is 5.56 Å². The molecule has 1 radical (unpaired) electrons. The summed E-state index contributed by atoms with van der Waals surface area (Å²) < 4.78 is 0. The fourth-order valence-electron chi connectivity index (χ4n) is 0.899. The standard InChI is InChI=1S/C9H12N/c1-8(7-10)9-5-3-2-4-6-9/h2-6,8,10H,7H2,1H3/t8-/m0/s1. The minimum atomic E-state index is 0.376. The summed E-state index contributed by atoms with van der Waals surface area (Å²) in [4.78, 5) is 0. The fourth-order valence-corrected chi connectivity index (χ4v) is 0.899. The summed E-state index contributed by atoms with van der Waals surface area (Å²) in [6.07, 6.45) is 0. The molecular weight excluding hydrogens is 122 g/mol. The van der Waals surface area contributed by atoms with Crippen LogP contribution in [0.3, 0.4) is 0 Å². The van der Waals surface area contributed by atoms with Crippen LogP contribution in [0.1, 0.15) is 18.4 Å². The Labute approximate surface area is 61.9 Å². The molecule has 0 saturated carbocycles. The van der Waals surface area contributed by atoms with Crippen LogP contribution in [0.25, 0.3) is 0 Å². The van der Waals surface area contributed by atoms with Crippen molar-refractivity contribution in [2.45, 2.75) is 12.8 Å². The number of rotatable bonds is 2. The third-order valence-electron chi connectivity index (χ3n) is 1.67. The second kappa shape index (κ2) is 3.37. The Kier molecular flexibility index (Phi) is 2.46. The molecular formula is C9H12N. The van der Waals surface area contributed by atoms with Crippen molar-refractivity contribution in [3.63, 3.8) is 0 Å². The third-order valence-corrected chi connectivity index (χ3v) is 1.67. The minimum absolute atomic E-state index is 0.376. The van der Waals surface area contributed by atoms with Crippen LogP contribution in [0, 0.1) is 0 Å². The van der Waals surface area contributed by atoms with E-state index >= 15 is 0 Å². The summed E-state index contributed by atoms with van der Waals surface area (Å²) >= 11 is 0. The van der Waals surface area contributed by atoms with Gasteiger partial charge in [-0.3, -0.25) is 5.73 Å². The Morgan fingerprint density at radius 3 is 2.40 bits per heavy atom. The fraction of sp³-hybridized carbons (Fsp3) is 0.333. The van der Waals surface area contributed by atoms with Crippen LogP contribution < -0.4 is 5.73 Å². The quantitative estimate of drug-likeness (QED) is 0.591. The summed E-state index contributed by atoms with van der Waals surface area (Å²) in [6, 6.07) is 10.2. The van der Waals surface area contributed by atoms with Gasteiger partial charge in [-0.05, 0) is 11.5 Å². The van der Waals surface area contributed by atoms with Crippen LogP contribution in [0.4, 0.5) is 0 Å². The van der Waals surface area contributed by atoms with Gasteiger partial charge in [0.15, 0.2) is 0 Å². The highest BCUT2D eigenvalue weighted by molar-refractivity contribution is 5.18. The van der Waals surface area contributed by atoms with E-state index in [4.69, 9.17) is 5.73 Å². The van der Waals surface area contributed by atoms with E-state index in [0.29, 0.717) is 12.5 Å². The Hall–Kier alpha value is -0.820. The predicted molar refractivity (Wildman–Crippen MR) is 42.8 cm³/mol. The lowest BCUT2D eigenvalue weighted by atomic mass is 10.0. The normalized spacial score (nSPS) is 13.0. The third kappa shape index (κ3) is 1.58. The average Bonchev–Trinajstić information content (AvgIpc) is 2.05. The molecule has 0 fully saturated rings. The first-order chi connectivity index (χ1) is 4.84. The topological polar surface area (TPSA) is 23.8 Å². The molecule has 0 unspecified atom stereocenters. The van der Waals surface area contributed by atoms with Gasteiger partial charge in [-0.25, -0.2) is 0 Å². The van der Waals surface area contributed by atoms with Gasteiger partial charge in [0.25, 0.3) is 0 Å². The summed E-state index contributed by atoms with van der Waals surface area (Å²) in [5.41, 5.74) is 8.41. The molecule has 0 amide bonds. The molecule has 0 heterocycles. The van der Waals surface area contributed by atoms with E-state index in [2.05, 4.69) is 19.1 Å². The lowest BCUT2D eigenvalue weighted by Gasteiger charge is -2.06. The van der Waals surface area contributed by atoms with Gasteiger partial charge in [0, 0.05) is 6.54 Å². The Morgan fingerprint density at radius 1 is 1.30 bits per heavy atom. The Balaban J connectivity index is 2.75. The molecule has 1 rings (SSSR count). The molecule has 53 valence electrons. The first kappa shape index (κ1) is 7.29. The lowest BCUT2D eigenvalue weighted by Crippen LogP contribution is -1.99. The smallest absolute Gasteiger partial charge is 0.0166 e. The van der Waals surface area contributed by atoms with Crippen molar-refractivity contribution >= 4 is 0 Å². The maximum absolute atomic E-state index is 7.15. The molecule has 0 aliphatic rings. The van der Waals surface area contributed by atoms with Crippen LogP contribution in [0.2, 0.25) is 0 Å². The van der Waals surface area contributed by atoms with Crippen molar-refractivity contribution in [3.05, 3.63) is 35.9 Å². The van der Waals surface area contributed by atoms with Crippen LogP contribution in [0.15, 0.2) is 30.3 Å². The van der Waals surface area contributed by atoms with Gasteiger partial charge in [-0.15, -0.1) is 0 Å². The molecule has 1 aromatic rings. The summed E-state index contributed by atoms with van der Waals surface area (Å²) in [7, 11) is 0. The van der Waals surface area contributed by atoms with E-state index < -0.39 is 0 Å². The molecule has 0 saturated heterocycles. The Morgan fingerprint density at radius 2 is 1.90 bits per heavy atom. The van der Waals surface area contributed by atoms with Gasteiger partial charge in [-0.2, -0.15) is 0 Å². The number of benzene rings is 1. The molecule has 1 heteroatoms. The van der Waals surface area contributed by atoms with Crippen molar-refractivity contribution in [3.8, 4) is 0 Å². The largest absolute Gasteiger partial charge is 0.257 e. The maximum Gasteiger partial charge on any atom is 0.0166 e. The summed E-state index contributed by atoms with van der Waals surface area (Å²) in [5, 5.41) is 0. The van der Waals surface area contributed by atoms with Crippen LogP contribution >= 0.6 is 0 Å². The molecule has 0 bridgehead atoms. The average molecular weight is 134 g/mol. The lowest BCUT2D eigenvalue weighted by molar-refractivity contribution is 0.759. The highest BCUT2D eigenvalue weighted by Crippen LogP contribution is 2.11. The van der Waals surface area contributed by atoms with Crippen LogP contribution in [-0.2, 0) is 0 Å². The summed E-state index contributed by atoms with van der Waals surface area (Å²) in [6.45, 7) is 2.55. The maximum atomic E-state index is 7.15. The molecule has 1 aromatic carbocycles. The first-order valence-corrected chi connectivity index (χ1v) is 3.54. The number of hydrogen-bond donors (Lipinski definition) is 0. The molecule has 10 heavy (non-hydrogen) atoms. The van der Waals surface area contributed by atoms with E-state index in [9.17, 15) is 0 Å². The molecule has 1 nitrogen and oxygen atoms in total. The molecule has 1 atom stereocenters. The molecule has 0 aromatic heterocycles. The van der Waals surface area contributed by atoms with Crippen LogP contribution in [-0.4, -0.2) is 6.54 Å². The van der Waals surface area contributed by atoms with Gasteiger partial charge >= 0.3 is 0 Å². The number of nitrogens with one attached hydrogen (secondary N) is 1.